The number of benzene rings is 2. The van der Waals surface area contributed by atoms with E-state index in [1.54, 1.807) is 0 Å². The van der Waals surface area contributed by atoms with E-state index in [1.165, 1.54) is 32.1 Å². The SMILES string of the molecule is CCCCCCCCOc1ccc(-c2ccc(C(=O)I)cc2)cc1. The Balaban J connectivity index is 1.79. The van der Waals surface area contributed by atoms with Crippen molar-refractivity contribution in [3.8, 4) is 16.9 Å². The van der Waals surface area contributed by atoms with E-state index in [9.17, 15) is 4.79 Å². The molecule has 0 unspecified atom stereocenters. The lowest BCUT2D eigenvalue weighted by atomic mass is 10.0. The van der Waals surface area contributed by atoms with Crippen LogP contribution in [0, 0.1) is 0 Å². The highest BCUT2D eigenvalue weighted by Crippen LogP contribution is 2.23. The van der Waals surface area contributed by atoms with Crippen molar-refractivity contribution in [2.45, 2.75) is 45.4 Å². The van der Waals surface area contributed by atoms with Gasteiger partial charge in [0.2, 0.25) is 3.79 Å². The maximum atomic E-state index is 11.3. The maximum absolute atomic E-state index is 11.3. The smallest absolute Gasteiger partial charge is 0.222 e. The highest BCUT2D eigenvalue weighted by atomic mass is 127. The average molecular weight is 436 g/mol. The predicted molar refractivity (Wildman–Crippen MR) is 109 cm³/mol. The minimum Gasteiger partial charge on any atom is -0.494 e. The lowest BCUT2D eigenvalue weighted by molar-refractivity contribution is 0.110. The summed E-state index contributed by atoms with van der Waals surface area (Å²) in [6, 6.07) is 15.9. The summed E-state index contributed by atoms with van der Waals surface area (Å²) in [6.07, 6.45) is 7.66. The minimum atomic E-state index is 0.0672. The summed E-state index contributed by atoms with van der Waals surface area (Å²) >= 11 is 1.81. The highest BCUT2D eigenvalue weighted by Gasteiger charge is 2.03. The summed E-state index contributed by atoms with van der Waals surface area (Å²) in [5, 5.41) is 0. The number of carbonyl (C=O) groups excluding carboxylic acids is 1. The largest absolute Gasteiger partial charge is 0.494 e. The fraction of sp³-hybridized carbons (Fsp3) is 0.381. The number of unbranched alkanes of at least 4 members (excludes halogenated alkanes) is 5. The van der Waals surface area contributed by atoms with Gasteiger partial charge in [-0.3, -0.25) is 4.79 Å². The van der Waals surface area contributed by atoms with Gasteiger partial charge in [-0.15, -0.1) is 0 Å². The van der Waals surface area contributed by atoms with Crippen LogP contribution in [-0.4, -0.2) is 10.4 Å². The van der Waals surface area contributed by atoms with Gasteiger partial charge >= 0.3 is 0 Å². The number of halogens is 1. The first-order valence-corrected chi connectivity index (χ1v) is 9.81. The molecule has 0 atom stereocenters. The fourth-order valence-electron chi connectivity index (χ4n) is 2.61. The highest BCUT2D eigenvalue weighted by molar-refractivity contribution is 14.1. The van der Waals surface area contributed by atoms with Crippen molar-refractivity contribution in [3.05, 3.63) is 54.1 Å². The van der Waals surface area contributed by atoms with Crippen LogP contribution in [0.2, 0.25) is 0 Å². The van der Waals surface area contributed by atoms with Gasteiger partial charge in [0.15, 0.2) is 0 Å². The summed E-state index contributed by atoms with van der Waals surface area (Å²) in [5.41, 5.74) is 2.98. The number of ether oxygens (including phenoxy) is 1. The molecule has 2 aromatic carbocycles. The minimum absolute atomic E-state index is 0.0672. The van der Waals surface area contributed by atoms with Crippen molar-refractivity contribution < 1.29 is 9.53 Å². The molecule has 0 aliphatic rings. The Bertz CT molecular complexity index is 617. The molecule has 0 heterocycles. The van der Waals surface area contributed by atoms with E-state index in [0.29, 0.717) is 0 Å². The van der Waals surface area contributed by atoms with Crippen LogP contribution >= 0.6 is 22.6 Å². The monoisotopic (exact) mass is 436 g/mol. The number of carbonyl (C=O) groups is 1. The van der Waals surface area contributed by atoms with E-state index in [2.05, 4.69) is 19.1 Å². The lowest BCUT2D eigenvalue weighted by Gasteiger charge is -2.08. The van der Waals surface area contributed by atoms with Crippen LogP contribution in [-0.2, 0) is 0 Å². The first-order valence-electron chi connectivity index (χ1n) is 8.74. The van der Waals surface area contributed by atoms with E-state index in [0.717, 1.165) is 35.5 Å². The molecule has 0 aromatic heterocycles. The Hall–Kier alpha value is -1.36. The number of rotatable bonds is 10. The summed E-state index contributed by atoms with van der Waals surface area (Å²) in [6.45, 7) is 3.03. The average Bonchev–Trinajstić information content (AvgIpc) is 2.61. The van der Waals surface area contributed by atoms with E-state index in [1.807, 2.05) is 59.0 Å². The Morgan fingerprint density at radius 3 is 1.96 bits per heavy atom. The maximum Gasteiger partial charge on any atom is 0.222 e. The van der Waals surface area contributed by atoms with Gasteiger partial charge in [-0.2, -0.15) is 0 Å². The van der Waals surface area contributed by atoms with Crippen LogP contribution in [0.3, 0.4) is 0 Å². The zero-order valence-electron chi connectivity index (χ0n) is 14.3. The van der Waals surface area contributed by atoms with Crippen LogP contribution in [0.1, 0.15) is 55.8 Å². The third-order valence-corrected chi connectivity index (χ3v) is 4.69. The zero-order valence-corrected chi connectivity index (χ0v) is 16.4. The molecule has 2 rings (SSSR count). The second-order valence-corrected chi connectivity index (χ2v) is 6.97. The molecule has 0 saturated carbocycles. The van der Waals surface area contributed by atoms with Gasteiger partial charge in [-0.1, -0.05) is 63.3 Å². The molecule has 128 valence electrons. The molecule has 0 spiro atoms. The van der Waals surface area contributed by atoms with Gasteiger partial charge in [-0.25, -0.2) is 0 Å². The Labute approximate surface area is 158 Å². The van der Waals surface area contributed by atoms with Crippen LogP contribution in [0.15, 0.2) is 48.5 Å². The summed E-state index contributed by atoms with van der Waals surface area (Å²) in [7, 11) is 0. The van der Waals surface area contributed by atoms with Crippen LogP contribution < -0.4 is 4.74 Å². The van der Waals surface area contributed by atoms with Gasteiger partial charge in [-0.05, 0) is 41.8 Å². The Kier molecular flexibility index (Phi) is 8.29. The van der Waals surface area contributed by atoms with Crippen LogP contribution in [0.5, 0.6) is 5.75 Å². The first kappa shape index (κ1) is 19.0. The van der Waals surface area contributed by atoms with E-state index < -0.39 is 0 Å². The van der Waals surface area contributed by atoms with Crippen molar-refractivity contribution in [1.82, 2.24) is 0 Å². The molecule has 0 amide bonds. The first-order chi connectivity index (χ1) is 11.7. The number of hydrogen-bond acceptors (Lipinski definition) is 2. The molecule has 2 nitrogen and oxygen atoms in total. The van der Waals surface area contributed by atoms with Crippen LogP contribution in [0.25, 0.3) is 11.1 Å². The van der Waals surface area contributed by atoms with Crippen molar-refractivity contribution in [2.75, 3.05) is 6.61 Å². The number of hydrogen-bond donors (Lipinski definition) is 0. The van der Waals surface area contributed by atoms with Gasteiger partial charge in [0.25, 0.3) is 0 Å². The molecule has 0 bridgehead atoms. The van der Waals surface area contributed by atoms with Crippen molar-refractivity contribution in [2.24, 2.45) is 0 Å². The molecule has 0 N–H and O–H groups in total. The fourth-order valence-corrected chi connectivity index (χ4v) is 2.97. The normalized spacial score (nSPS) is 10.6. The molecule has 0 aliphatic carbocycles. The van der Waals surface area contributed by atoms with Crippen molar-refractivity contribution >= 4 is 26.4 Å². The summed E-state index contributed by atoms with van der Waals surface area (Å²) in [5.74, 6) is 0.923. The molecule has 0 fully saturated rings. The molecule has 3 heteroatoms. The summed E-state index contributed by atoms with van der Waals surface area (Å²) < 4.78 is 5.88. The summed E-state index contributed by atoms with van der Waals surface area (Å²) in [4.78, 5) is 11.3. The quantitative estimate of drug-likeness (QED) is 0.236. The van der Waals surface area contributed by atoms with Gasteiger partial charge in [0.05, 0.1) is 6.61 Å². The molecular formula is C21H25IO2. The Morgan fingerprint density at radius 1 is 0.833 bits per heavy atom. The van der Waals surface area contributed by atoms with E-state index in [4.69, 9.17) is 4.74 Å². The third kappa shape index (κ3) is 6.27. The van der Waals surface area contributed by atoms with E-state index in [-0.39, 0.29) is 3.79 Å². The molecule has 0 saturated heterocycles. The molecule has 24 heavy (non-hydrogen) atoms. The second-order valence-electron chi connectivity index (χ2n) is 5.99. The lowest BCUT2D eigenvalue weighted by Crippen LogP contribution is -1.97. The predicted octanol–water partition coefficient (Wildman–Crippen LogP) is 6.67. The Morgan fingerprint density at radius 2 is 1.38 bits per heavy atom. The van der Waals surface area contributed by atoms with Crippen LogP contribution in [0.4, 0.5) is 0 Å². The zero-order chi connectivity index (χ0) is 17.2. The molecule has 0 radical (unpaired) electrons. The topological polar surface area (TPSA) is 26.3 Å². The third-order valence-electron chi connectivity index (χ3n) is 4.07. The van der Waals surface area contributed by atoms with Gasteiger partial charge in [0.1, 0.15) is 5.75 Å². The van der Waals surface area contributed by atoms with Crippen molar-refractivity contribution in [3.63, 3.8) is 0 Å². The second kappa shape index (κ2) is 10.5. The molecule has 0 aliphatic heterocycles. The van der Waals surface area contributed by atoms with E-state index >= 15 is 0 Å². The van der Waals surface area contributed by atoms with Gasteiger partial charge in [0, 0.05) is 28.2 Å². The molecule has 2 aromatic rings. The van der Waals surface area contributed by atoms with Crippen molar-refractivity contribution in [1.29, 1.82) is 0 Å². The molecular weight excluding hydrogens is 411 g/mol. The van der Waals surface area contributed by atoms with Gasteiger partial charge < -0.3 is 4.74 Å². The standard InChI is InChI=1S/C21H25IO2/c1-2-3-4-5-6-7-16-24-20-14-12-18(13-15-20)17-8-10-19(11-9-17)21(22)23/h8-15H,2-7,16H2,1H3.